The summed E-state index contributed by atoms with van der Waals surface area (Å²) in [7, 11) is 0. The molecule has 1 aliphatic carbocycles. The molecule has 0 unspecified atom stereocenters. The minimum absolute atomic E-state index is 0.00869. The number of fused-ring (bicyclic) bond motifs is 1. The van der Waals surface area contributed by atoms with E-state index in [0.29, 0.717) is 23.8 Å². The Balaban J connectivity index is 1.43. The second-order valence-electron chi connectivity index (χ2n) is 6.25. The lowest BCUT2D eigenvalue weighted by Gasteiger charge is -2.35. The first kappa shape index (κ1) is 15.4. The number of amides is 1. The summed E-state index contributed by atoms with van der Waals surface area (Å²) in [6.07, 6.45) is 5.66. The molecular formula is C17H19ClN4O2. The van der Waals surface area contributed by atoms with Crippen molar-refractivity contribution >= 4 is 23.3 Å². The number of halogens is 1. The number of hydrogen-bond donors (Lipinski definition) is 0. The average Bonchev–Trinajstić information content (AvgIpc) is 3.06. The fourth-order valence-electron chi connectivity index (χ4n) is 3.40. The average molecular weight is 347 g/mol. The predicted octanol–water partition coefficient (Wildman–Crippen LogP) is 2.56. The number of anilines is 1. The van der Waals surface area contributed by atoms with Gasteiger partial charge in [-0.1, -0.05) is 16.8 Å². The Bertz CT molecular complexity index is 736. The lowest BCUT2D eigenvalue weighted by atomic mass is 9.96. The Morgan fingerprint density at radius 1 is 1.12 bits per heavy atom. The predicted molar refractivity (Wildman–Crippen MR) is 90.5 cm³/mol. The van der Waals surface area contributed by atoms with Crippen LogP contribution in [0.1, 0.15) is 34.7 Å². The topological polar surface area (TPSA) is 62.5 Å². The van der Waals surface area contributed by atoms with Gasteiger partial charge in [0.15, 0.2) is 5.69 Å². The normalized spacial score (nSPS) is 17.7. The molecule has 7 heteroatoms. The zero-order valence-corrected chi connectivity index (χ0v) is 14.1. The van der Waals surface area contributed by atoms with Crippen molar-refractivity contribution < 1.29 is 9.32 Å². The van der Waals surface area contributed by atoms with Gasteiger partial charge in [0.2, 0.25) is 0 Å². The molecular weight excluding hydrogens is 328 g/mol. The van der Waals surface area contributed by atoms with Crippen LogP contribution < -0.4 is 4.90 Å². The molecule has 1 fully saturated rings. The molecule has 0 saturated carbocycles. The van der Waals surface area contributed by atoms with Crippen LogP contribution in [0.5, 0.6) is 0 Å². The number of rotatable bonds is 2. The van der Waals surface area contributed by atoms with E-state index in [4.69, 9.17) is 16.1 Å². The molecule has 2 aromatic rings. The summed E-state index contributed by atoms with van der Waals surface area (Å²) in [4.78, 5) is 21.1. The number of nitrogens with zero attached hydrogens (tertiary/aromatic N) is 4. The highest BCUT2D eigenvalue weighted by atomic mass is 35.5. The first-order valence-electron chi connectivity index (χ1n) is 8.35. The van der Waals surface area contributed by atoms with Crippen LogP contribution in [0.3, 0.4) is 0 Å². The van der Waals surface area contributed by atoms with E-state index >= 15 is 0 Å². The zero-order valence-electron chi connectivity index (χ0n) is 13.4. The summed E-state index contributed by atoms with van der Waals surface area (Å²) >= 11 is 5.88. The van der Waals surface area contributed by atoms with Gasteiger partial charge in [0.05, 0.1) is 5.02 Å². The van der Waals surface area contributed by atoms with Gasteiger partial charge >= 0.3 is 0 Å². The molecule has 0 aromatic carbocycles. The van der Waals surface area contributed by atoms with Gasteiger partial charge < -0.3 is 14.3 Å². The zero-order chi connectivity index (χ0) is 16.5. The molecule has 1 amide bonds. The van der Waals surface area contributed by atoms with Gasteiger partial charge in [-0.15, -0.1) is 0 Å². The number of carbonyl (C=O) groups is 1. The van der Waals surface area contributed by atoms with E-state index in [1.165, 1.54) is 0 Å². The quantitative estimate of drug-likeness (QED) is 0.836. The van der Waals surface area contributed by atoms with E-state index in [9.17, 15) is 4.79 Å². The lowest BCUT2D eigenvalue weighted by molar-refractivity contribution is 0.0735. The first-order valence-corrected chi connectivity index (χ1v) is 8.73. The van der Waals surface area contributed by atoms with Crippen molar-refractivity contribution in [1.82, 2.24) is 15.0 Å². The van der Waals surface area contributed by atoms with Crippen LogP contribution in [-0.4, -0.2) is 47.1 Å². The van der Waals surface area contributed by atoms with Gasteiger partial charge in [0.1, 0.15) is 11.6 Å². The number of carbonyl (C=O) groups excluding carboxylic acids is 1. The summed E-state index contributed by atoms with van der Waals surface area (Å²) in [6, 6.07) is 3.75. The molecule has 0 spiro atoms. The lowest BCUT2D eigenvalue weighted by Crippen LogP contribution is -2.49. The minimum Gasteiger partial charge on any atom is -0.360 e. The van der Waals surface area contributed by atoms with Crippen LogP contribution in [0, 0.1) is 0 Å². The van der Waals surface area contributed by atoms with E-state index in [-0.39, 0.29) is 5.91 Å². The third kappa shape index (κ3) is 2.86. The van der Waals surface area contributed by atoms with Crippen LogP contribution in [0.4, 0.5) is 5.82 Å². The van der Waals surface area contributed by atoms with Crippen molar-refractivity contribution in [3.05, 3.63) is 40.4 Å². The third-order valence-electron chi connectivity index (χ3n) is 4.76. The third-order valence-corrected chi connectivity index (χ3v) is 4.98. The van der Waals surface area contributed by atoms with E-state index in [0.717, 1.165) is 55.9 Å². The highest BCUT2D eigenvalue weighted by Crippen LogP contribution is 2.25. The molecule has 0 bridgehead atoms. The van der Waals surface area contributed by atoms with Gasteiger partial charge in [-0.05, 0) is 31.4 Å². The summed E-state index contributed by atoms with van der Waals surface area (Å²) in [5.41, 5.74) is 1.54. The van der Waals surface area contributed by atoms with Gasteiger partial charge in [-0.3, -0.25) is 4.79 Å². The van der Waals surface area contributed by atoms with Crippen LogP contribution in [0.25, 0.3) is 0 Å². The summed E-state index contributed by atoms with van der Waals surface area (Å²) in [5, 5.41) is 4.68. The molecule has 1 aliphatic heterocycles. The number of piperazine rings is 1. The van der Waals surface area contributed by atoms with E-state index in [2.05, 4.69) is 15.0 Å². The molecule has 1 saturated heterocycles. The Kier molecular flexibility index (Phi) is 4.14. The molecule has 0 atom stereocenters. The van der Waals surface area contributed by atoms with Crippen molar-refractivity contribution in [3.8, 4) is 0 Å². The summed E-state index contributed by atoms with van der Waals surface area (Å²) in [6.45, 7) is 2.82. The highest BCUT2D eigenvalue weighted by Gasteiger charge is 2.29. The smallest absolute Gasteiger partial charge is 0.276 e. The van der Waals surface area contributed by atoms with Gasteiger partial charge in [0.25, 0.3) is 5.91 Å². The van der Waals surface area contributed by atoms with E-state index in [1.807, 2.05) is 17.0 Å². The summed E-state index contributed by atoms with van der Waals surface area (Å²) < 4.78 is 5.37. The van der Waals surface area contributed by atoms with Gasteiger partial charge in [-0.2, -0.15) is 0 Å². The Hall–Kier alpha value is -2.08. The molecule has 0 radical (unpaired) electrons. The Labute approximate surface area is 145 Å². The number of hydrogen-bond acceptors (Lipinski definition) is 5. The maximum absolute atomic E-state index is 12.8. The minimum atomic E-state index is -0.00869. The van der Waals surface area contributed by atoms with E-state index < -0.39 is 0 Å². The fourth-order valence-corrected chi connectivity index (χ4v) is 3.51. The van der Waals surface area contributed by atoms with Crippen LogP contribution in [-0.2, 0) is 12.8 Å². The second-order valence-corrected chi connectivity index (χ2v) is 6.69. The Morgan fingerprint density at radius 3 is 2.67 bits per heavy atom. The number of pyridine rings is 1. The van der Waals surface area contributed by atoms with Gasteiger partial charge in [0, 0.05) is 44.4 Å². The molecule has 3 heterocycles. The first-order chi connectivity index (χ1) is 11.7. The Morgan fingerprint density at radius 2 is 1.92 bits per heavy atom. The van der Waals surface area contributed by atoms with Crippen LogP contribution in [0.15, 0.2) is 22.9 Å². The van der Waals surface area contributed by atoms with Crippen molar-refractivity contribution in [2.45, 2.75) is 25.7 Å². The molecule has 126 valence electrons. The number of aryl methyl sites for hydroxylation is 1. The summed E-state index contributed by atoms with van der Waals surface area (Å²) in [5.74, 6) is 1.78. The molecule has 24 heavy (non-hydrogen) atoms. The van der Waals surface area contributed by atoms with Crippen molar-refractivity contribution in [2.75, 3.05) is 31.1 Å². The van der Waals surface area contributed by atoms with Gasteiger partial charge in [-0.25, -0.2) is 4.98 Å². The molecule has 6 nitrogen and oxygen atoms in total. The van der Waals surface area contributed by atoms with Crippen molar-refractivity contribution in [1.29, 1.82) is 0 Å². The second kappa shape index (κ2) is 6.43. The largest absolute Gasteiger partial charge is 0.360 e. The maximum atomic E-state index is 12.8. The van der Waals surface area contributed by atoms with Crippen molar-refractivity contribution in [3.63, 3.8) is 0 Å². The molecule has 0 N–H and O–H groups in total. The molecule has 2 aliphatic rings. The van der Waals surface area contributed by atoms with E-state index in [1.54, 1.807) is 6.20 Å². The SMILES string of the molecule is O=C(c1noc2c1CCCC2)N1CCN(c2ccc(Cl)cn2)CC1. The highest BCUT2D eigenvalue weighted by molar-refractivity contribution is 6.30. The van der Waals surface area contributed by atoms with Crippen LogP contribution >= 0.6 is 11.6 Å². The standard InChI is InChI=1S/C17H19ClN4O2/c18-12-5-6-15(19-11-12)21-7-9-22(10-8-21)17(23)16-13-3-1-2-4-14(13)24-20-16/h5-6,11H,1-4,7-10H2. The van der Waals surface area contributed by atoms with Crippen molar-refractivity contribution in [2.24, 2.45) is 0 Å². The van der Waals surface area contributed by atoms with Crippen LogP contribution in [0.2, 0.25) is 5.02 Å². The molecule has 4 rings (SSSR count). The monoisotopic (exact) mass is 346 g/mol. The molecule has 2 aromatic heterocycles. The number of aromatic nitrogens is 2. The fraction of sp³-hybridized carbons (Fsp3) is 0.471. The maximum Gasteiger partial charge on any atom is 0.276 e.